The summed E-state index contributed by atoms with van der Waals surface area (Å²) in [6, 6.07) is 8.20. The second kappa shape index (κ2) is 5.30. The lowest BCUT2D eigenvalue weighted by Crippen LogP contribution is -2.14. The molecule has 0 radical (unpaired) electrons. The summed E-state index contributed by atoms with van der Waals surface area (Å²) in [5.41, 5.74) is 6.40. The fraction of sp³-hybridized carbons (Fsp3) is 0.0769. The van der Waals surface area contributed by atoms with Gasteiger partial charge < -0.3 is 5.73 Å². The average molecular weight is 315 g/mol. The minimum atomic E-state index is -3.97. The van der Waals surface area contributed by atoms with Crippen LogP contribution < -0.4 is 10.5 Å². The number of hydrogen-bond donors (Lipinski definition) is 2. The van der Waals surface area contributed by atoms with Gasteiger partial charge in [0.25, 0.3) is 10.0 Å². The molecule has 0 aromatic heterocycles. The minimum absolute atomic E-state index is 0.0231. The predicted molar refractivity (Wildman–Crippen MR) is 77.8 cm³/mol. The quantitative estimate of drug-likeness (QED) is 0.855. The van der Waals surface area contributed by atoms with E-state index >= 15 is 0 Å². The van der Waals surface area contributed by atoms with E-state index in [0.29, 0.717) is 11.3 Å². The molecule has 0 saturated carbocycles. The van der Waals surface area contributed by atoms with Crippen molar-refractivity contribution in [2.45, 2.75) is 11.8 Å². The van der Waals surface area contributed by atoms with E-state index in [-0.39, 0.29) is 15.6 Å². The molecule has 106 valence electrons. The van der Waals surface area contributed by atoms with Gasteiger partial charge in [-0.2, -0.15) is 0 Å². The topological polar surface area (TPSA) is 72.2 Å². The fourth-order valence-corrected chi connectivity index (χ4v) is 3.26. The Kier molecular flexibility index (Phi) is 3.87. The monoisotopic (exact) mass is 314 g/mol. The Hall–Kier alpha value is -1.79. The van der Waals surface area contributed by atoms with Crippen molar-refractivity contribution in [1.29, 1.82) is 0 Å². The SMILES string of the molecule is Cc1ccc(NS(=O)(=O)c2ccc(N)cc2Cl)c(F)c1. The molecular formula is C13H12ClFN2O2S. The van der Waals surface area contributed by atoms with Crippen LogP contribution in [0.25, 0.3) is 0 Å². The molecule has 3 N–H and O–H groups in total. The van der Waals surface area contributed by atoms with Gasteiger partial charge in [0, 0.05) is 5.69 Å². The first-order chi connectivity index (χ1) is 9.29. The summed E-state index contributed by atoms with van der Waals surface area (Å²) in [5, 5.41) is -0.0231. The molecule has 2 aromatic carbocycles. The molecule has 0 saturated heterocycles. The first-order valence-corrected chi connectivity index (χ1v) is 7.50. The van der Waals surface area contributed by atoms with Gasteiger partial charge in [0.15, 0.2) is 0 Å². The zero-order valence-corrected chi connectivity index (χ0v) is 12.1. The standard InChI is InChI=1S/C13H12ClFN2O2S/c1-8-2-4-12(11(15)6-8)17-20(18,19)13-5-3-9(16)7-10(13)14/h2-7,17H,16H2,1H3. The van der Waals surface area contributed by atoms with E-state index in [4.69, 9.17) is 17.3 Å². The Morgan fingerprint density at radius 3 is 2.50 bits per heavy atom. The number of sulfonamides is 1. The van der Waals surface area contributed by atoms with Gasteiger partial charge in [0.05, 0.1) is 10.7 Å². The van der Waals surface area contributed by atoms with E-state index in [1.165, 1.54) is 30.3 Å². The molecule has 0 atom stereocenters. The molecule has 0 unspecified atom stereocenters. The lowest BCUT2D eigenvalue weighted by molar-refractivity contribution is 0.598. The van der Waals surface area contributed by atoms with Crippen molar-refractivity contribution in [3.8, 4) is 0 Å². The van der Waals surface area contributed by atoms with Crippen LogP contribution in [-0.2, 0) is 10.0 Å². The fourth-order valence-electron chi connectivity index (χ4n) is 1.64. The maximum atomic E-state index is 13.7. The summed E-state index contributed by atoms with van der Waals surface area (Å²) in [7, 11) is -3.97. The van der Waals surface area contributed by atoms with Crippen molar-refractivity contribution in [3.05, 3.63) is 52.8 Å². The predicted octanol–water partition coefficient (Wildman–Crippen LogP) is 3.17. The zero-order chi connectivity index (χ0) is 14.9. The zero-order valence-electron chi connectivity index (χ0n) is 10.5. The number of nitrogen functional groups attached to an aromatic ring is 1. The number of rotatable bonds is 3. The van der Waals surface area contributed by atoms with E-state index in [1.54, 1.807) is 13.0 Å². The maximum Gasteiger partial charge on any atom is 0.263 e. The lowest BCUT2D eigenvalue weighted by Gasteiger charge is -2.11. The molecule has 0 aliphatic rings. The molecule has 0 aliphatic carbocycles. The first kappa shape index (κ1) is 14.6. The largest absolute Gasteiger partial charge is 0.399 e. The average Bonchev–Trinajstić information content (AvgIpc) is 2.32. The molecule has 2 aromatic rings. The van der Waals surface area contributed by atoms with Gasteiger partial charge in [0.1, 0.15) is 10.7 Å². The van der Waals surface area contributed by atoms with E-state index in [1.807, 2.05) is 0 Å². The minimum Gasteiger partial charge on any atom is -0.399 e. The second-order valence-electron chi connectivity index (χ2n) is 4.28. The Labute approximate surface area is 121 Å². The van der Waals surface area contributed by atoms with Crippen LogP contribution >= 0.6 is 11.6 Å². The van der Waals surface area contributed by atoms with Crippen LogP contribution in [0.3, 0.4) is 0 Å². The molecule has 0 bridgehead atoms. The van der Waals surface area contributed by atoms with Crippen LogP contribution in [0.2, 0.25) is 5.02 Å². The van der Waals surface area contributed by atoms with Gasteiger partial charge >= 0.3 is 0 Å². The van der Waals surface area contributed by atoms with Crippen LogP contribution in [0.5, 0.6) is 0 Å². The Morgan fingerprint density at radius 2 is 1.90 bits per heavy atom. The highest BCUT2D eigenvalue weighted by molar-refractivity contribution is 7.92. The van der Waals surface area contributed by atoms with Crippen molar-refractivity contribution in [3.63, 3.8) is 0 Å². The van der Waals surface area contributed by atoms with E-state index in [9.17, 15) is 12.8 Å². The highest BCUT2D eigenvalue weighted by Crippen LogP contribution is 2.26. The van der Waals surface area contributed by atoms with Gasteiger partial charge in [-0.15, -0.1) is 0 Å². The Balaban J connectivity index is 2.41. The summed E-state index contributed by atoms with van der Waals surface area (Å²) in [6.45, 7) is 1.71. The summed E-state index contributed by atoms with van der Waals surface area (Å²) in [5.74, 6) is -0.653. The van der Waals surface area contributed by atoms with E-state index in [2.05, 4.69) is 4.72 Å². The molecule has 0 heterocycles. The smallest absolute Gasteiger partial charge is 0.263 e. The number of halogens is 2. The number of aryl methyl sites for hydroxylation is 1. The molecule has 20 heavy (non-hydrogen) atoms. The third-order valence-electron chi connectivity index (χ3n) is 2.61. The summed E-state index contributed by atoms with van der Waals surface area (Å²) in [6.07, 6.45) is 0. The van der Waals surface area contributed by atoms with Crippen molar-refractivity contribution in [2.75, 3.05) is 10.5 Å². The Bertz CT molecular complexity index is 763. The first-order valence-electron chi connectivity index (χ1n) is 5.63. The van der Waals surface area contributed by atoms with Gasteiger partial charge in [-0.25, -0.2) is 12.8 Å². The summed E-state index contributed by atoms with van der Waals surface area (Å²) >= 11 is 5.85. The Morgan fingerprint density at radius 1 is 1.20 bits per heavy atom. The number of anilines is 2. The van der Waals surface area contributed by atoms with Crippen LogP contribution in [0.15, 0.2) is 41.3 Å². The van der Waals surface area contributed by atoms with Gasteiger partial charge in [-0.05, 0) is 42.8 Å². The van der Waals surface area contributed by atoms with E-state index < -0.39 is 15.8 Å². The highest BCUT2D eigenvalue weighted by Gasteiger charge is 2.19. The van der Waals surface area contributed by atoms with Crippen molar-refractivity contribution >= 4 is 33.0 Å². The number of hydrogen-bond acceptors (Lipinski definition) is 3. The van der Waals surface area contributed by atoms with Crippen LogP contribution in [0.1, 0.15) is 5.56 Å². The summed E-state index contributed by atoms with van der Waals surface area (Å²) < 4.78 is 40.2. The lowest BCUT2D eigenvalue weighted by atomic mass is 10.2. The molecule has 0 fully saturated rings. The molecular weight excluding hydrogens is 303 g/mol. The molecule has 0 aliphatic heterocycles. The molecule has 7 heteroatoms. The number of benzene rings is 2. The van der Waals surface area contributed by atoms with Gasteiger partial charge in [-0.1, -0.05) is 17.7 Å². The third-order valence-corrected chi connectivity index (χ3v) is 4.46. The third kappa shape index (κ3) is 3.02. The molecule has 4 nitrogen and oxygen atoms in total. The van der Waals surface area contributed by atoms with Gasteiger partial charge in [-0.3, -0.25) is 4.72 Å². The van der Waals surface area contributed by atoms with Gasteiger partial charge in [0.2, 0.25) is 0 Å². The molecule has 2 rings (SSSR count). The highest BCUT2D eigenvalue weighted by atomic mass is 35.5. The summed E-state index contributed by atoms with van der Waals surface area (Å²) in [4.78, 5) is -0.159. The van der Waals surface area contributed by atoms with Crippen molar-refractivity contribution < 1.29 is 12.8 Å². The molecule has 0 spiro atoms. The van der Waals surface area contributed by atoms with E-state index in [0.717, 1.165) is 0 Å². The van der Waals surface area contributed by atoms with Crippen LogP contribution in [0.4, 0.5) is 15.8 Å². The number of nitrogens with one attached hydrogen (secondary N) is 1. The normalized spacial score (nSPS) is 11.3. The number of nitrogens with two attached hydrogens (primary N) is 1. The van der Waals surface area contributed by atoms with Crippen LogP contribution in [-0.4, -0.2) is 8.42 Å². The van der Waals surface area contributed by atoms with Crippen molar-refractivity contribution in [1.82, 2.24) is 0 Å². The second-order valence-corrected chi connectivity index (χ2v) is 6.34. The van der Waals surface area contributed by atoms with Crippen molar-refractivity contribution in [2.24, 2.45) is 0 Å². The molecule has 0 amide bonds. The van der Waals surface area contributed by atoms with Crippen LogP contribution in [0, 0.1) is 12.7 Å². The maximum absolute atomic E-state index is 13.7.